The fourth-order valence-electron chi connectivity index (χ4n) is 8.92. The Kier molecular flexibility index (Phi) is 63.3. The molecular weight excluding hydrogens is 985 g/mol. The Hall–Kier alpha value is -4.45. The average Bonchev–Trinajstić information content (AvgIpc) is 3.46. The van der Waals surface area contributed by atoms with Crippen molar-refractivity contribution in [1.29, 1.82) is 0 Å². The van der Waals surface area contributed by atoms with E-state index in [2.05, 4.69) is 148 Å². The first-order valence-electron chi connectivity index (χ1n) is 33.2. The molecule has 0 heterocycles. The Bertz CT molecular complexity index is 1700. The van der Waals surface area contributed by atoms with Gasteiger partial charge >= 0.3 is 17.9 Å². The number of carbonyl (C=O) groups excluding carboxylic acids is 3. The highest BCUT2D eigenvalue weighted by molar-refractivity contribution is 5.71. The molecular formula is C74H122O6. The van der Waals surface area contributed by atoms with Crippen molar-refractivity contribution in [3.63, 3.8) is 0 Å². The minimum Gasteiger partial charge on any atom is -0.462 e. The summed E-state index contributed by atoms with van der Waals surface area (Å²) < 4.78 is 16.9. The van der Waals surface area contributed by atoms with Crippen LogP contribution in [0.5, 0.6) is 0 Å². The fourth-order valence-corrected chi connectivity index (χ4v) is 8.92. The van der Waals surface area contributed by atoms with Gasteiger partial charge in [-0.05, 0) is 128 Å². The van der Waals surface area contributed by atoms with Crippen LogP contribution in [0.3, 0.4) is 0 Å². The highest BCUT2D eigenvalue weighted by Gasteiger charge is 2.19. The zero-order chi connectivity index (χ0) is 57.8. The predicted octanol–water partition coefficient (Wildman–Crippen LogP) is 22.9. The van der Waals surface area contributed by atoms with E-state index in [4.69, 9.17) is 14.2 Å². The molecule has 0 amide bonds. The smallest absolute Gasteiger partial charge is 0.306 e. The Morgan fingerprint density at radius 3 is 0.825 bits per heavy atom. The Morgan fingerprint density at radius 2 is 0.512 bits per heavy atom. The van der Waals surface area contributed by atoms with Crippen LogP contribution in [0, 0.1) is 0 Å². The van der Waals surface area contributed by atoms with Gasteiger partial charge in [0, 0.05) is 19.3 Å². The highest BCUT2D eigenvalue weighted by atomic mass is 16.6. The molecule has 0 bridgehead atoms. The van der Waals surface area contributed by atoms with Gasteiger partial charge in [-0.25, -0.2) is 0 Å². The second kappa shape index (κ2) is 67.1. The molecule has 0 fully saturated rings. The van der Waals surface area contributed by atoms with Gasteiger partial charge in [-0.15, -0.1) is 0 Å². The van der Waals surface area contributed by atoms with Crippen LogP contribution in [0.1, 0.15) is 297 Å². The molecule has 0 aromatic carbocycles. The number of ether oxygens (including phenoxy) is 3. The molecule has 0 aliphatic heterocycles. The first kappa shape index (κ1) is 75.5. The largest absolute Gasteiger partial charge is 0.462 e. The van der Waals surface area contributed by atoms with E-state index in [0.29, 0.717) is 19.3 Å². The predicted molar refractivity (Wildman–Crippen MR) is 348 cm³/mol. The van der Waals surface area contributed by atoms with Crippen LogP contribution in [0.25, 0.3) is 0 Å². The van der Waals surface area contributed by atoms with Crippen molar-refractivity contribution >= 4 is 17.9 Å². The summed E-state index contributed by atoms with van der Waals surface area (Å²) in [7, 11) is 0. The number of hydrogen-bond donors (Lipinski definition) is 0. The molecule has 0 N–H and O–H groups in total. The molecule has 1 unspecified atom stereocenters. The van der Waals surface area contributed by atoms with E-state index < -0.39 is 12.1 Å². The van der Waals surface area contributed by atoms with Crippen LogP contribution in [0.4, 0.5) is 0 Å². The van der Waals surface area contributed by atoms with E-state index >= 15 is 0 Å². The van der Waals surface area contributed by atoms with Crippen LogP contribution in [0.2, 0.25) is 0 Å². The van der Waals surface area contributed by atoms with Gasteiger partial charge in [-0.3, -0.25) is 14.4 Å². The van der Waals surface area contributed by atoms with Crippen molar-refractivity contribution in [2.75, 3.05) is 13.2 Å². The van der Waals surface area contributed by atoms with Crippen molar-refractivity contribution in [3.8, 4) is 0 Å². The van der Waals surface area contributed by atoms with Crippen molar-refractivity contribution in [1.82, 2.24) is 0 Å². The lowest BCUT2D eigenvalue weighted by Crippen LogP contribution is -2.30. The highest BCUT2D eigenvalue weighted by Crippen LogP contribution is 2.15. The lowest BCUT2D eigenvalue weighted by molar-refractivity contribution is -0.166. The Balaban J connectivity index is 4.44. The molecule has 1 atom stereocenters. The summed E-state index contributed by atoms with van der Waals surface area (Å²) in [6, 6.07) is 0. The Labute approximate surface area is 494 Å². The molecule has 80 heavy (non-hydrogen) atoms. The van der Waals surface area contributed by atoms with Gasteiger partial charge in [-0.2, -0.15) is 0 Å². The number of allylic oxidation sites excluding steroid dienone is 22. The molecule has 6 nitrogen and oxygen atoms in total. The monoisotopic (exact) mass is 1110 g/mol. The van der Waals surface area contributed by atoms with Crippen molar-refractivity contribution in [2.45, 2.75) is 303 Å². The quantitative estimate of drug-likeness (QED) is 0.0261. The van der Waals surface area contributed by atoms with Gasteiger partial charge in [-0.1, -0.05) is 283 Å². The first-order valence-corrected chi connectivity index (χ1v) is 33.2. The molecule has 0 saturated heterocycles. The summed E-state index contributed by atoms with van der Waals surface area (Å²) >= 11 is 0. The second-order valence-electron chi connectivity index (χ2n) is 21.6. The molecule has 0 aromatic heterocycles. The maximum Gasteiger partial charge on any atom is 0.306 e. The van der Waals surface area contributed by atoms with E-state index in [0.717, 1.165) is 116 Å². The number of carbonyl (C=O) groups is 3. The fraction of sp³-hybridized carbons (Fsp3) is 0.662. The summed E-state index contributed by atoms with van der Waals surface area (Å²) in [5, 5.41) is 0. The zero-order valence-corrected chi connectivity index (χ0v) is 52.0. The topological polar surface area (TPSA) is 78.9 Å². The molecule has 454 valence electrons. The third-order valence-corrected chi connectivity index (χ3v) is 13.9. The van der Waals surface area contributed by atoms with Crippen LogP contribution in [-0.2, 0) is 28.6 Å². The summed E-state index contributed by atoms with van der Waals surface area (Å²) in [6.45, 7) is 6.44. The lowest BCUT2D eigenvalue weighted by Gasteiger charge is -2.18. The van der Waals surface area contributed by atoms with Gasteiger partial charge in [0.15, 0.2) is 6.10 Å². The van der Waals surface area contributed by atoms with E-state index in [1.54, 1.807) is 0 Å². The number of esters is 3. The van der Waals surface area contributed by atoms with E-state index in [1.165, 1.54) is 135 Å². The van der Waals surface area contributed by atoms with Gasteiger partial charge in [0.25, 0.3) is 0 Å². The van der Waals surface area contributed by atoms with Gasteiger partial charge in [0.2, 0.25) is 0 Å². The van der Waals surface area contributed by atoms with E-state index in [1.807, 2.05) is 6.08 Å². The molecule has 0 saturated carbocycles. The molecule has 0 aliphatic carbocycles. The molecule has 0 aromatic rings. The van der Waals surface area contributed by atoms with Gasteiger partial charge in [0.1, 0.15) is 13.2 Å². The molecule has 0 rings (SSSR count). The molecule has 0 aliphatic rings. The van der Waals surface area contributed by atoms with Crippen LogP contribution in [-0.4, -0.2) is 37.2 Å². The summed E-state index contributed by atoms with van der Waals surface area (Å²) in [4.78, 5) is 38.3. The number of unbranched alkanes of at least 4 members (excludes halogenated alkanes) is 26. The molecule has 0 spiro atoms. The SMILES string of the molecule is CC/C=C\C/C=C\C/C=C\C/C=C\C/C=C\C/C=C\CCC(=O)OC(COC(=O)CCCCCCC/C=C\C/C=C\CCCCCC)COC(=O)CCCCCCCCCCCCCC/C=C\C/C=C\C/C=C\CCCCCCC. The molecule has 0 radical (unpaired) electrons. The van der Waals surface area contributed by atoms with Gasteiger partial charge < -0.3 is 14.2 Å². The van der Waals surface area contributed by atoms with Crippen molar-refractivity contribution in [3.05, 3.63) is 134 Å². The van der Waals surface area contributed by atoms with Crippen LogP contribution in [0.15, 0.2) is 134 Å². The van der Waals surface area contributed by atoms with E-state index in [-0.39, 0.29) is 31.6 Å². The maximum atomic E-state index is 12.9. The first-order chi connectivity index (χ1) is 39.5. The van der Waals surface area contributed by atoms with Crippen LogP contribution >= 0.6 is 0 Å². The minimum atomic E-state index is -0.831. The standard InChI is InChI=1S/C74H122O6/c1-4-7-10-13-16-19-22-25-28-31-33-34-35-36-37-38-39-40-42-43-46-49-52-55-58-61-64-67-73(76)79-70-71(69-78-72(75)66-63-60-57-54-51-48-45-30-27-24-21-18-15-12-9-6-3)80-74(77)68-65-62-59-56-53-50-47-44-41-32-29-26-23-20-17-14-11-8-5-2/h8,11,17,20-22,24-26,29-31,33,35-36,41,44-45,50,53,59,62,71H,4-7,9-10,12-16,18-19,23,27-28,32,34,37-40,42-43,46-49,51-52,54-58,60-61,63-70H2,1-3H3/b11-8-,20-17-,24-21-,25-22-,29-26-,33-31-,36-35-,44-41-,45-30-,53-50-,62-59-. The van der Waals surface area contributed by atoms with Crippen LogP contribution < -0.4 is 0 Å². The lowest BCUT2D eigenvalue weighted by atomic mass is 10.0. The number of hydrogen-bond acceptors (Lipinski definition) is 6. The summed E-state index contributed by atoms with van der Waals surface area (Å²) in [5.74, 6) is -1.01. The number of rotatable bonds is 59. The third-order valence-electron chi connectivity index (χ3n) is 13.9. The normalized spacial score (nSPS) is 13.0. The summed E-state index contributed by atoms with van der Waals surface area (Å²) in [5.41, 5.74) is 0. The average molecular weight is 1110 g/mol. The molecule has 6 heteroatoms. The van der Waals surface area contributed by atoms with Crippen molar-refractivity contribution < 1.29 is 28.6 Å². The minimum absolute atomic E-state index is 0.117. The zero-order valence-electron chi connectivity index (χ0n) is 52.0. The third kappa shape index (κ3) is 64.4. The maximum absolute atomic E-state index is 12.9. The van der Waals surface area contributed by atoms with Crippen molar-refractivity contribution in [2.24, 2.45) is 0 Å². The van der Waals surface area contributed by atoms with E-state index in [9.17, 15) is 14.4 Å². The second-order valence-corrected chi connectivity index (χ2v) is 21.6. The summed E-state index contributed by atoms with van der Waals surface area (Å²) in [6.07, 6.45) is 94.7. The Morgan fingerprint density at radius 1 is 0.263 bits per heavy atom. The van der Waals surface area contributed by atoms with Gasteiger partial charge in [0.05, 0.1) is 0 Å².